The van der Waals surface area contributed by atoms with Crippen LogP contribution in [-0.4, -0.2) is 28.5 Å². The van der Waals surface area contributed by atoms with E-state index in [1.54, 1.807) is 0 Å². The minimum absolute atomic E-state index is 0.586. The SMILES string of the molecule is CN(CCc1ccncc1)c1cc(-c2ccccc2)nc(Nc2ccccc2)n1. The van der Waals surface area contributed by atoms with E-state index in [1.165, 1.54) is 5.56 Å². The highest BCUT2D eigenvalue weighted by atomic mass is 15.2. The maximum Gasteiger partial charge on any atom is 0.229 e. The van der Waals surface area contributed by atoms with Crippen molar-refractivity contribution >= 4 is 17.5 Å². The Balaban J connectivity index is 1.61. The van der Waals surface area contributed by atoms with Gasteiger partial charge >= 0.3 is 0 Å². The third-order valence-electron chi connectivity index (χ3n) is 4.69. The second-order valence-corrected chi connectivity index (χ2v) is 6.82. The highest BCUT2D eigenvalue weighted by Gasteiger charge is 2.11. The lowest BCUT2D eigenvalue weighted by Gasteiger charge is -2.20. The van der Waals surface area contributed by atoms with Gasteiger partial charge in [-0.25, -0.2) is 4.98 Å². The van der Waals surface area contributed by atoms with Gasteiger partial charge in [-0.15, -0.1) is 0 Å². The van der Waals surface area contributed by atoms with E-state index in [0.29, 0.717) is 5.95 Å². The Kier molecular flexibility index (Phi) is 5.76. The van der Waals surface area contributed by atoms with Gasteiger partial charge in [-0.2, -0.15) is 4.98 Å². The zero-order chi connectivity index (χ0) is 19.9. The monoisotopic (exact) mass is 381 g/mol. The van der Waals surface area contributed by atoms with Crippen LogP contribution in [0.15, 0.2) is 91.3 Å². The summed E-state index contributed by atoms with van der Waals surface area (Å²) >= 11 is 0. The molecule has 0 radical (unpaired) electrons. The van der Waals surface area contributed by atoms with Crippen LogP contribution in [0.4, 0.5) is 17.5 Å². The summed E-state index contributed by atoms with van der Waals surface area (Å²) in [6, 6.07) is 26.3. The van der Waals surface area contributed by atoms with Crippen molar-refractivity contribution in [3.63, 3.8) is 0 Å². The van der Waals surface area contributed by atoms with Crippen LogP contribution in [0.1, 0.15) is 5.56 Å². The maximum absolute atomic E-state index is 4.76. The summed E-state index contributed by atoms with van der Waals surface area (Å²) in [5.41, 5.74) is 4.18. The van der Waals surface area contributed by atoms with Gasteiger partial charge in [0.05, 0.1) is 5.69 Å². The highest BCUT2D eigenvalue weighted by Crippen LogP contribution is 2.24. The molecule has 0 saturated heterocycles. The molecule has 0 aliphatic rings. The van der Waals surface area contributed by atoms with Crippen LogP contribution in [0.3, 0.4) is 0 Å². The van der Waals surface area contributed by atoms with Crippen LogP contribution in [0.5, 0.6) is 0 Å². The summed E-state index contributed by atoms with van der Waals surface area (Å²) in [7, 11) is 2.06. The first-order valence-corrected chi connectivity index (χ1v) is 9.64. The summed E-state index contributed by atoms with van der Waals surface area (Å²) in [6.07, 6.45) is 4.58. The molecule has 29 heavy (non-hydrogen) atoms. The van der Waals surface area contributed by atoms with E-state index >= 15 is 0 Å². The first-order valence-electron chi connectivity index (χ1n) is 9.64. The number of hydrogen-bond acceptors (Lipinski definition) is 5. The Labute approximate surface area is 171 Å². The number of para-hydroxylation sites is 1. The molecule has 2 aromatic carbocycles. The predicted octanol–water partition coefficient (Wildman–Crippen LogP) is 4.96. The van der Waals surface area contributed by atoms with Crippen LogP contribution in [0, 0.1) is 0 Å². The molecule has 0 unspecified atom stereocenters. The number of pyridine rings is 1. The summed E-state index contributed by atoms with van der Waals surface area (Å²) in [5, 5.41) is 3.33. The van der Waals surface area contributed by atoms with E-state index in [9.17, 15) is 0 Å². The maximum atomic E-state index is 4.76. The molecule has 0 amide bonds. The standard InChI is InChI=1S/C24H23N5/c1-29(17-14-19-12-15-25-16-13-19)23-18-22(20-8-4-2-5-9-20)27-24(28-23)26-21-10-6-3-7-11-21/h2-13,15-16,18H,14,17H2,1H3,(H,26,27,28). The number of benzene rings is 2. The average molecular weight is 381 g/mol. The molecule has 2 heterocycles. The Morgan fingerprint density at radius 3 is 2.24 bits per heavy atom. The van der Waals surface area contributed by atoms with E-state index in [-0.39, 0.29) is 0 Å². The first-order chi connectivity index (χ1) is 14.3. The van der Waals surface area contributed by atoms with Crippen LogP contribution >= 0.6 is 0 Å². The number of anilines is 3. The van der Waals surface area contributed by atoms with Gasteiger partial charge in [-0.1, -0.05) is 48.5 Å². The van der Waals surface area contributed by atoms with Crippen LogP contribution in [0.2, 0.25) is 0 Å². The molecule has 4 rings (SSSR count). The fourth-order valence-electron chi connectivity index (χ4n) is 3.05. The lowest BCUT2D eigenvalue weighted by Crippen LogP contribution is -2.22. The van der Waals surface area contributed by atoms with Gasteiger partial charge in [0.2, 0.25) is 5.95 Å². The highest BCUT2D eigenvalue weighted by molar-refractivity contribution is 5.66. The van der Waals surface area contributed by atoms with Crippen LogP contribution < -0.4 is 10.2 Å². The minimum Gasteiger partial charge on any atom is -0.359 e. The molecule has 2 aromatic heterocycles. The van der Waals surface area contributed by atoms with Crippen molar-refractivity contribution < 1.29 is 0 Å². The van der Waals surface area contributed by atoms with Crippen molar-refractivity contribution in [2.45, 2.75) is 6.42 Å². The fourth-order valence-corrected chi connectivity index (χ4v) is 3.05. The van der Waals surface area contributed by atoms with Crippen molar-refractivity contribution in [2.75, 3.05) is 23.8 Å². The Bertz CT molecular complexity index is 1040. The number of rotatable bonds is 7. The van der Waals surface area contributed by atoms with E-state index in [2.05, 4.69) is 34.4 Å². The van der Waals surface area contributed by atoms with Crippen molar-refractivity contribution in [1.29, 1.82) is 0 Å². The fraction of sp³-hybridized carbons (Fsp3) is 0.125. The molecule has 0 saturated carbocycles. The van der Waals surface area contributed by atoms with E-state index in [4.69, 9.17) is 9.97 Å². The molecular formula is C24H23N5. The second kappa shape index (κ2) is 8.97. The Morgan fingerprint density at radius 2 is 1.52 bits per heavy atom. The molecule has 0 spiro atoms. The second-order valence-electron chi connectivity index (χ2n) is 6.82. The smallest absolute Gasteiger partial charge is 0.229 e. The molecule has 0 fully saturated rings. The number of hydrogen-bond donors (Lipinski definition) is 1. The van der Waals surface area contributed by atoms with Gasteiger partial charge in [-0.05, 0) is 36.2 Å². The molecule has 4 aromatic rings. The Hall–Kier alpha value is -3.73. The average Bonchev–Trinajstić information content (AvgIpc) is 2.79. The van der Waals surface area contributed by atoms with E-state index in [0.717, 1.165) is 35.7 Å². The number of aromatic nitrogens is 3. The third kappa shape index (κ3) is 4.96. The zero-order valence-electron chi connectivity index (χ0n) is 16.4. The van der Waals surface area contributed by atoms with E-state index < -0.39 is 0 Å². The predicted molar refractivity (Wildman–Crippen MR) is 118 cm³/mol. The van der Waals surface area contributed by atoms with Crippen molar-refractivity contribution in [3.05, 3.63) is 96.8 Å². The molecule has 0 aliphatic carbocycles. The van der Waals surface area contributed by atoms with Crippen molar-refractivity contribution in [1.82, 2.24) is 15.0 Å². The lowest BCUT2D eigenvalue weighted by molar-refractivity contribution is 0.856. The molecule has 5 heteroatoms. The summed E-state index contributed by atoms with van der Waals surface area (Å²) in [4.78, 5) is 15.7. The summed E-state index contributed by atoms with van der Waals surface area (Å²) < 4.78 is 0. The molecule has 144 valence electrons. The zero-order valence-corrected chi connectivity index (χ0v) is 16.4. The number of nitrogens with one attached hydrogen (secondary N) is 1. The van der Waals surface area contributed by atoms with Gasteiger partial charge in [0.25, 0.3) is 0 Å². The van der Waals surface area contributed by atoms with Crippen molar-refractivity contribution in [3.8, 4) is 11.3 Å². The first kappa shape index (κ1) is 18.6. The lowest BCUT2D eigenvalue weighted by atomic mass is 10.1. The van der Waals surface area contributed by atoms with Gasteiger partial charge < -0.3 is 10.2 Å². The summed E-state index contributed by atoms with van der Waals surface area (Å²) in [6.45, 7) is 0.847. The normalized spacial score (nSPS) is 10.5. The topological polar surface area (TPSA) is 53.9 Å². The molecule has 0 aliphatic heterocycles. The third-order valence-corrected chi connectivity index (χ3v) is 4.69. The summed E-state index contributed by atoms with van der Waals surface area (Å²) in [5.74, 6) is 1.47. The van der Waals surface area contributed by atoms with Crippen molar-refractivity contribution in [2.24, 2.45) is 0 Å². The number of likely N-dealkylation sites (N-methyl/N-ethyl adjacent to an activating group) is 1. The quantitative estimate of drug-likeness (QED) is 0.490. The molecular weight excluding hydrogens is 358 g/mol. The Morgan fingerprint density at radius 1 is 0.828 bits per heavy atom. The van der Waals surface area contributed by atoms with Gasteiger partial charge in [0.15, 0.2) is 0 Å². The molecule has 0 bridgehead atoms. The molecule has 1 N–H and O–H groups in total. The molecule has 5 nitrogen and oxygen atoms in total. The molecule has 0 atom stereocenters. The van der Waals surface area contributed by atoms with E-state index in [1.807, 2.05) is 79.1 Å². The largest absolute Gasteiger partial charge is 0.359 e. The van der Waals surface area contributed by atoms with Gasteiger partial charge in [0.1, 0.15) is 5.82 Å². The van der Waals surface area contributed by atoms with Crippen LogP contribution in [-0.2, 0) is 6.42 Å². The number of nitrogens with zero attached hydrogens (tertiary/aromatic N) is 4. The van der Waals surface area contributed by atoms with Gasteiger partial charge in [0, 0.05) is 43.3 Å². The van der Waals surface area contributed by atoms with Crippen LogP contribution in [0.25, 0.3) is 11.3 Å². The van der Waals surface area contributed by atoms with Gasteiger partial charge in [-0.3, -0.25) is 4.98 Å². The minimum atomic E-state index is 0.586.